The first-order valence-corrected chi connectivity index (χ1v) is 13.1. The fourth-order valence-corrected chi connectivity index (χ4v) is 4.80. The summed E-state index contributed by atoms with van der Waals surface area (Å²) in [5.74, 6) is 1.65. The van der Waals surface area contributed by atoms with Gasteiger partial charge in [0.15, 0.2) is 17.3 Å². The molecular formula is C30H37NO5. The summed E-state index contributed by atoms with van der Waals surface area (Å²) in [5, 5.41) is 13.1. The molecule has 0 bridgehead atoms. The van der Waals surface area contributed by atoms with E-state index in [2.05, 4.69) is 11.4 Å². The SMILES string of the molecule is Cc1ccc(C(=O)CCCCC(=O)NC(CC2=CC[C@@H](O)CC2)Cc2ccc3c(c2)OCCO3)cc1. The van der Waals surface area contributed by atoms with Gasteiger partial charge in [0.05, 0.1) is 6.10 Å². The molecule has 0 spiro atoms. The summed E-state index contributed by atoms with van der Waals surface area (Å²) in [5.41, 5.74) is 4.24. The van der Waals surface area contributed by atoms with E-state index in [-0.39, 0.29) is 23.8 Å². The second kappa shape index (κ2) is 12.7. The summed E-state index contributed by atoms with van der Waals surface area (Å²) in [6.07, 6.45) is 7.83. The molecule has 2 aliphatic rings. The smallest absolute Gasteiger partial charge is 0.220 e. The maximum atomic E-state index is 12.8. The van der Waals surface area contributed by atoms with Gasteiger partial charge in [0.25, 0.3) is 0 Å². The molecule has 36 heavy (non-hydrogen) atoms. The maximum absolute atomic E-state index is 12.8. The highest BCUT2D eigenvalue weighted by Gasteiger charge is 2.20. The summed E-state index contributed by atoms with van der Waals surface area (Å²) < 4.78 is 11.4. The molecular weight excluding hydrogens is 454 g/mol. The summed E-state index contributed by atoms with van der Waals surface area (Å²) in [6, 6.07) is 13.6. The highest BCUT2D eigenvalue weighted by atomic mass is 16.6. The molecule has 0 aromatic heterocycles. The number of unbranched alkanes of at least 4 members (excludes halogenated alkanes) is 1. The van der Waals surface area contributed by atoms with Crippen LogP contribution in [0.2, 0.25) is 0 Å². The lowest BCUT2D eigenvalue weighted by Crippen LogP contribution is -2.37. The minimum Gasteiger partial charge on any atom is -0.486 e. The number of ketones is 1. The van der Waals surface area contributed by atoms with Crippen molar-refractivity contribution in [2.75, 3.05) is 13.2 Å². The van der Waals surface area contributed by atoms with Crippen LogP contribution in [0.4, 0.5) is 0 Å². The van der Waals surface area contributed by atoms with E-state index in [1.54, 1.807) is 0 Å². The van der Waals surface area contributed by atoms with Crippen LogP contribution in [0.3, 0.4) is 0 Å². The molecule has 1 amide bonds. The van der Waals surface area contributed by atoms with Crippen LogP contribution in [0.15, 0.2) is 54.1 Å². The fourth-order valence-electron chi connectivity index (χ4n) is 4.80. The maximum Gasteiger partial charge on any atom is 0.220 e. The molecule has 6 heteroatoms. The van der Waals surface area contributed by atoms with Gasteiger partial charge in [-0.25, -0.2) is 0 Å². The Morgan fingerprint density at radius 2 is 1.75 bits per heavy atom. The Kier molecular flexibility index (Phi) is 9.17. The van der Waals surface area contributed by atoms with Gasteiger partial charge in [0, 0.05) is 24.4 Å². The van der Waals surface area contributed by atoms with Gasteiger partial charge in [-0.1, -0.05) is 47.5 Å². The van der Waals surface area contributed by atoms with Crippen molar-refractivity contribution in [3.8, 4) is 11.5 Å². The van der Waals surface area contributed by atoms with Gasteiger partial charge in [-0.2, -0.15) is 0 Å². The summed E-state index contributed by atoms with van der Waals surface area (Å²) >= 11 is 0. The van der Waals surface area contributed by atoms with Crippen LogP contribution >= 0.6 is 0 Å². The van der Waals surface area contributed by atoms with Crippen molar-refractivity contribution in [2.45, 2.75) is 76.9 Å². The molecule has 0 radical (unpaired) electrons. The fraction of sp³-hybridized carbons (Fsp3) is 0.467. The molecule has 6 nitrogen and oxygen atoms in total. The number of fused-ring (bicyclic) bond motifs is 1. The van der Waals surface area contributed by atoms with Crippen LogP contribution in [-0.2, 0) is 11.2 Å². The second-order valence-corrected chi connectivity index (χ2v) is 9.94. The number of carbonyl (C=O) groups is 2. The zero-order valence-electron chi connectivity index (χ0n) is 21.1. The number of amides is 1. The minimum atomic E-state index is -0.262. The lowest BCUT2D eigenvalue weighted by Gasteiger charge is -2.25. The Bertz CT molecular complexity index is 1080. The van der Waals surface area contributed by atoms with E-state index in [1.807, 2.05) is 49.4 Å². The van der Waals surface area contributed by atoms with Crippen molar-refractivity contribution in [3.05, 3.63) is 70.8 Å². The molecule has 2 atom stereocenters. The largest absolute Gasteiger partial charge is 0.486 e. The van der Waals surface area contributed by atoms with Crippen molar-refractivity contribution in [2.24, 2.45) is 0 Å². The van der Waals surface area contributed by atoms with Gasteiger partial charge in [0.2, 0.25) is 5.91 Å². The third-order valence-corrected chi connectivity index (χ3v) is 6.87. The molecule has 0 saturated heterocycles. The number of ether oxygens (including phenoxy) is 2. The standard InChI is InChI=1S/C30H37NO5/c1-21-6-11-24(12-7-21)27(33)4-2-3-5-30(34)31-25(18-22-8-13-26(32)14-9-22)19-23-10-15-28-29(20-23)36-17-16-35-28/h6-8,10-12,15,20,25-26,32H,2-5,9,13-14,16-19H2,1H3,(H,31,34)/t25?,26-/m1/s1. The van der Waals surface area contributed by atoms with E-state index in [9.17, 15) is 14.7 Å². The van der Waals surface area contributed by atoms with Crippen LogP contribution in [0.1, 0.15) is 72.9 Å². The van der Waals surface area contributed by atoms with Gasteiger partial charge in [-0.3, -0.25) is 9.59 Å². The van der Waals surface area contributed by atoms with Gasteiger partial charge < -0.3 is 19.9 Å². The number of aliphatic hydroxyl groups is 1. The van der Waals surface area contributed by atoms with Gasteiger partial charge in [-0.15, -0.1) is 0 Å². The topological polar surface area (TPSA) is 84.9 Å². The Morgan fingerprint density at radius 1 is 1.00 bits per heavy atom. The Labute approximate surface area is 213 Å². The molecule has 1 unspecified atom stereocenters. The van der Waals surface area contributed by atoms with Gasteiger partial charge >= 0.3 is 0 Å². The quantitative estimate of drug-likeness (QED) is 0.260. The number of rotatable bonds is 11. The third kappa shape index (κ3) is 7.69. The second-order valence-electron chi connectivity index (χ2n) is 9.94. The predicted molar refractivity (Wildman–Crippen MR) is 140 cm³/mol. The van der Waals surface area contributed by atoms with Crippen molar-refractivity contribution < 1.29 is 24.2 Å². The Morgan fingerprint density at radius 3 is 2.50 bits per heavy atom. The molecule has 0 fully saturated rings. The molecule has 192 valence electrons. The average molecular weight is 492 g/mol. The van der Waals surface area contributed by atoms with Crippen molar-refractivity contribution >= 4 is 11.7 Å². The number of aryl methyl sites for hydroxylation is 1. The lowest BCUT2D eigenvalue weighted by atomic mass is 9.90. The first kappa shape index (κ1) is 26.0. The summed E-state index contributed by atoms with van der Waals surface area (Å²) in [6.45, 7) is 3.10. The van der Waals surface area contributed by atoms with E-state index >= 15 is 0 Å². The van der Waals surface area contributed by atoms with Crippen molar-refractivity contribution in [1.82, 2.24) is 5.32 Å². The number of aliphatic hydroxyl groups excluding tert-OH is 1. The first-order valence-electron chi connectivity index (χ1n) is 13.1. The molecule has 1 aliphatic heterocycles. The molecule has 0 saturated carbocycles. The van der Waals surface area contributed by atoms with E-state index in [0.29, 0.717) is 51.7 Å². The van der Waals surface area contributed by atoms with Crippen molar-refractivity contribution in [1.29, 1.82) is 0 Å². The number of nitrogens with one attached hydrogen (secondary N) is 1. The highest BCUT2D eigenvalue weighted by molar-refractivity contribution is 5.96. The van der Waals surface area contributed by atoms with Crippen LogP contribution in [0, 0.1) is 6.92 Å². The average Bonchev–Trinajstić information content (AvgIpc) is 2.88. The highest BCUT2D eigenvalue weighted by Crippen LogP contribution is 2.32. The minimum absolute atomic E-state index is 0.0109. The Hall–Kier alpha value is -3.12. The van der Waals surface area contributed by atoms with Crippen LogP contribution < -0.4 is 14.8 Å². The molecule has 2 aromatic rings. The van der Waals surface area contributed by atoms with Crippen molar-refractivity contribution in [3.63, 3.8) is 0 Å². The van der Waals surface area contributed by atoms with E-state index in [4.69, 9.17) is 9.47 Å². The number of hydrogen-bond donors (Lipinski definition) is 2. The molecule has 2 N–H and O–H groups in total. The zero-order valence-corrected chi connectivity index (χ0v) is 21.1. The van der Waals surface area contributed by atoms with E-state index < -0.39 is 0 Å². The monoisotopic (exact) mass is 491 g/mol. The number of carbonyl (C=O) groups excluding carboxylic acids is 2. The summed E-state index contributed by atoms with van der Waals surface area (Å²) in [7, 11) is 0. The number of benzene rings is 2. The number of hydrogen-bond acceptors (Lipinski definition) is 5. The van der Waals surface area contributed by atoms with Crippen LogP contribution in [0.5, 0.6) is 11.5 Å². The lowest BCUT2D eigenvalue weighted by molar-refractivity contribution is -0.121. The van der Waals surface area contributed by atoms with E-state index in [1.165, 1.54) is 5.57 Å². The molecule has 1 heterocycles. The summed E-state index contributed by atoms with van der Waals surface area (Å²) in [4.78, 5) is 25.2. The van der Waals surface area contributed by atoms with E-state index in [0.717, 1.165) is 47.5 Å². The Balaban J connectivity index is 1.30. The molecule has 1 aliphatic carbocycles. The van der Waals surface area contributed by atoms with Gasteiger partial charge in [0.1, 0.15) is 13.2 Å². The predicted octanol–water partition coefficient (Wildman–Crippen LogP) is 5.10. The number of Topliss-reactive ketones (excluding diaryl/α,β-unsaturated/α-hetero) is 1. The molecule has 4 rings (SSSR count). The first-order chi connectivity index (χ1) is 17.5. The van der Waals surface area contributed by atoms with Crippen LogP contribution in [0.25, 0.3) is 0 Å². The van der Waals surface area contributed by atoms with Crippen LogP contribution in [-0.4, -0.2) is 42.2 Å². The van der Waals surface area contributed by atoms with Gasteiger partial charge in [-0.05, 0) is 69.6 Å². The molecule has 2 aromatic carbocycles. The normalized spacial score (nSPS) is 17.7. The zero-order chi connectivity index (χ0) is 25.3. The third-order valence-electron chi connectivity index (χ3n) is 6.87.